The lowest BCUT2D eigenvalue weighted by Crippen LogP contribution is -2.49. The monoisotopic (exact) mass is 357 g/mol. The lowest BCUT2D eigenvalue weighted by atomic mass is 10.2. The van der Waals surface area contributed by atoms with Crippen LogP contribution >= 0.6 is 0 Å². The van der Waals surface area contributed by atoms with Crippen LogP contribution in [-0.4, -0.2) is 87.9 Å². The first-order valence-corrected chi connectivity index (χ1v) is 11.1. The minimum atomic E-state index is 1.17. The number of unbranched alkanes of at least 4 members (excludes halogenated alkanes) is 5. The summed E-state index contributed by atoms with van der Waals surface area (Å²) in [5.74, 6) is 0. The van der Waals surface area contributed by atoms with Gasteiger partial charge in [0.25, 0.3) is 0 Å². The molecule has 0 N–H and O–H groups in total. The molecule has 25 heavy (non-hydrogen) atoms. The van der Waals surface area contributed by atoms with Crippen LogP contribution in [0.15, 0.2) is 0 Å². The summed E-state index contributed by atoms with van der Waals surface area (Å²) in [4.78, 5) is 2.75. The molecule has 0 aromatic heterocycles. The molecular formula is C22H51N3+2. The predicted molar refractivity (Wildman–Crippen MR) is 114 cm³/mol. The molecule has 0 aliphatic carbocycles. The van der Waals surface area contributed by atoms with Crippen molar-refractivity contribution in [3.05, 3.63) is 0 Å². The van der Waals surface area contributed by atoms with Crippen LogP contribution in [0.25, 0.3) is 0 Å². The maximum Gasteiger partial charge on any atom is 0.0911 e. The molecule has 152 valence electrons. The zero-order valence-electron chi connectivity index (χ0n) is 18.9. The summed E-state index contributed by atoms with van der Waals surface area (Å²) in [6, 6.07) is 0. The first-order chi connectivity index (χ1) is 11.8. The Bertz CT molecular complexity index is 300. The Morgan fingerprint density at radius 3 is 1.40 bits per heavy atom. The standard InChI is InChI=1S/C22H51N3/c1-8-11-14-16-23(17-21-24(4,5)19-13-10-3)18-22-25(6,7)20-15-12-9-2/h8-22H2,1-7H3/q+2. The van der Waals surface area contributed by atoms with Gasteiger partial charge < -0.3 is 8.97 Å². The van der Waals surface area contributed by atoms with Crippen LogP contribution in [0.1, 0.15) is 72.1 Å². The molecule has 0 aliphatic heterocycles. The molecule has 3 nitrogen and oxygen atoms in total. The van der Waals surface area contributed by atoms with Crippen molar-refractivity contribution in [2.24, 2.45) is 0 Å². The summed E-state index contributed by atoms with van der Waals surface area (Å²) in [5.41, 5.74) is 0. The first kappa shape index (κ1) is 24.9. The molecule has 0 bridgehead atoms. The highest BCUT2D eigenvalue weighted by atomic mass is 15.3. The Morgan fingerprint density at radius 2 is 0.920 bits per heavy atom. The maximum absolute atomic E-state index is 2.75. The van der Waals surface area contributed by atoms with Crippen LogP contribution in [-0.2, 0) is 0 Å². The molecule has 0 heterocycles. The molecule has 0 amide bonds. The van der Waals surface area contributed by atoms with Gasteiger partial charge in [-0.2, -0.15) is 0 Å². The van der Waals surface area contributed by atoms with Crippen LogP contribution in [0, 0.1) is 0 Å². The highest BCUT2D eigenvalue weighted by Gasteiger charge is 2.20. The number of hydrogen-bond donors (Lipinski definition) is 0. The zero-order chi connectivity index (χ0) is 19.2. The van der Waals surface area contributed by atoms with Crippen molar-refractivity contribution in [3.8, 4) is 0 Å². The molecule has 0 aromatic carbocycles. The summed E-state index contributed by atoms with van der Waals surface area (Å²) < 4.78 is 2.35. The SMILES string of the molecule is CCCCCN(CC[N+](C)(C)CCCC)CC[N+](C)(C)CCCCC. The van der Waals surface area contributed by atoms with Crippen molar-refractivity contribution in [2.45, 2.75) is 72.1 Å². The van der Waals surface area contributed by atoms with E-state index in [0.29, 0.717) is 0 Å². The molecule has 0 fully saturated rings. The largest absolute Gasteiger partial charge is 0.327 e. The van der Waals surface area contributed by atoms with Gasteiger partial charge in [-0.1, -0.05) is 46.5 Å². The van der Waals surface area contributed by atoms with E-state index in [1.54, 1.807) is 0 Å². The third kappa shape index (κ3) is 14.7. The summed E-state index contributed by atoms with van der Waals surface area (Å²) in [6.45, 7) is 15.9. The van der Waals surface area contributed by atoms with Crippen LogP contribution < -0.4 is 0 Å². The number of nitrogens with zero attached hydrogens (tertiary/aromatic N) is 3. The molecular weight excluding hydrogens is 306 g/mol. The summed E-state index contributed by atoms with van der Waals surface area (Å²) in [7, 11) is 9.65. The van der Waals surface area contributed by atoms with Gasteiger partial charge in [0.2, 0.25) is 0 Å². The topological polar surface area (TPSA) is 3.24 Å². The lowest BCUT2D eigenvalue weighted by Gasteiger charge is -2.35. The van der Waals surface area contributed by atoms with Gasteiger partial charge in [0.15, 0.2) is 0 Å². The highest BCUT2D eigenvalue weighted by molar-refractivity contribution is 4.59. The van der Waals surface area contributed by atoms with E-state index in [9.17, 15) is 0 Å². The summed E-state index contributed by atoms with van der Waals surface area (Å²) in [5, 5.41) is 0. The molecule has 0 saturated heterocycles. The zero-order valence-corrected chi connectivity index (χ0v) is 18.9. The average Bonchev–Trinajstić information content (AvgIpc) is 2.55. The number of likely N-dealkylation sites (N-methyl/N-ethyl adjacent to an activating group) is 2. The molecule has 0 rings (SSSR count). The van der Waals surface area contributed by atoms with Crippen molar-refractivity contribution in [1.29, 1.82) is 0 Å². The fourth-order valence-electron chi connectivity index (χ4n) is 3.34. The van der Waals surface area contributed by atoms with Crippen molar-refractivity contribution in [1.82, 2.24) is 4.90 Å². The molecule has 0 radical (unpaired) electrons. The normalized spacial score (nSPS) is 13.0. The van der Waals surface area contributed by atoms with Crippen molar-refractivity contribution in [3.63, 3.8) is 0 Å². The maximum atomic E-state index is 2.75. The van der Waals surface area contributed by atoms with Gasteiger partial charge in [-0.3, -0.25) is 4.90 Å². The Hall–Kier alpha value is -0.120. The van der Waals surface area contributed by atoms with Gasteiger partial charge in [0, 0.05) is 13.1 Å². The van der Waals surface area contributed by atoms with E-state index < -0.39 is 0 Å². The molecule has 0 aromatic rings. The van der Waals surface area contributed by atoms with E-state index in [4.69, 9.17) is 0 Å². The second-order valence-electron chi connectivity index (χ2n) is 9.38. The Labute approximate surface area is 160 Å². The van der Waals surface area contributed by atoms with E-state index in [-0.39, 0.29) is 0 Å². The van der Waals surface area contributed by atoms with E-state index in [2.05, 4.69) is 53.9 Å². The first-order valence-electron chi connectivity index (χ1n) is 11.1. The number of hydrogen-bond acceptors (Lipinski definition) is 1. The molecule has 0 saturated carbocycles. The summed E-state index contributed by atoms with van der Waals surface area (Å²) in [6.07, 6.45) is 10.8. The fraction of sp³-hybridized carbons (Fsp3) is 1.00. The smallest absolute Gasteiger partial charge is 0.0911 e. The van der Waals surface area contributed by atoms with E-state index in [0.717, 1.165) is 0 Å². The Kier molecular flexibility index (Phi) is 13.9. The van der Waals surface area contributed by atoms with Gasteiger partial charge in [-0.05, 0) is 32.2 Å². The minimum Gasteiger partial charge on any atom is -0.327 e. The minimum absolute atomic E-state index is 1.17. The van der Waals surface area contributed by atoms with Gasteiger partial charge >= 0.3 is 0 Å². The average molecular weight is 358 g/mol. The fourth-order valence-corrected chi connectivity index (χ4v) is 3.34. The van der Waals surface area contributed by atoms with Gasteiger partial charge in [-0.15, -0.1) is 0 Å². The quantitative estimate of drug-likeness (QED) is 0.271. The van der Waals surface area contributed by atoms with Crippen molar-refractivity contribution >= 4 is 0 Å². The number of quaternary nitrogens is 2. The van der Waals surface area contributed by atoms with Crippen LogP contribution in [0.3, 0.4) is 0 Å². The van der Waals surface area contributed by atoms with E-state index >= 15 is 0 Å². The number of rotatable bonds is 17. The molecule has 0 unspecified atom stereocenters. The van der Waals surface area contributed by atoms with Crippen LogP contribution in [0.5, 0.6) is 0 Å². The molecule has 0 spiro atoms. The Balaban J connectivity index is 4.40. The second-order valence-corrected chi connectivity index (χ2v) is 9.38. The third-order valence-corrected chi connectivity index (χ3v) is 5.60. The van der Waals surface area contributed by atoms with Crippen LogP contribution in [0.4, 0.5) is 0 Å². The summed E-state index contributed by atoms with van der Waals surface area (Å²) >= 11 is 0. The van der Waals surface area contributed by atoms with Crippen molar-refractivity contribution < 1.29 is 8.97 Å². The molecule has 0 atom stereocenters. The second kappa shape index (κ2) is 14.0. The van der Waals surface area contributed by atoms with Gasteiger partial charge in [0.05, 0.1) is 54.4 Å². The predicted octanol–water partition coefficient (Wildman–Crippen LogP) is 4.62. The highest BCUT2D eigenvalue weighted by Crippen LogP contribution is 2.07. The van der Waals surface area contributed by atoms with Gasteiger partial charge in [0.1, 0.15) is 0 Å². The Morgan fingerprint density at radius 1 is 0.480 bits per heavy atom. The molecule has 0 aliphatic rings. The van der Waals surface area contributed by atoms with Gasteiger partial charge in [-0.25, -0.2) is 0 Å². The van der Waals surface area contributed by atoms with E-state index in [1.165, 1.54) is 106 Å². The van der Waals surface area contributed by atoms with E-state index in [1.807, 2.05) is 0 Å². The molecule has 3 heteroatoms. The van der Waals surface area contributed by atoms with Crippen molar-refractivity contribution in [2.75, 3.05) is 74.0 Å². The third-order valence-electron chi connectivity index (χ3n) is 5.60. The lowest BCUT2D eigenvalue weighted by molar-refractivity contribution is -0.892. The van der Waals surface area contributed by atoms with Crippen LogP contribution in [0.2, 0.25) is 0 Å².